The maximum absolute atomic E-state index is 13.3. The molecular formula is C20H20FN3O3S. The van der Waals surface area contributed by atoms with E-state index < -0.39 is 0 Å². The number of thioether (sulfide) groups is 1. The average molecular weight is 401 g/mol. The highest BCUT2D eigenvalue weighted by Gasteiger charge is 2.19. The van der Waals surface area contributed by atoms with Crippen LogP contribution in [0.4, 0.5) is 10.1 Å². The van der Waals surface area contributed by atoms with Crippen LogP contribution in [0, 0.1) is 12.7 Å². The van der Waals surface area contributed by atoms with Crippen molar-refractivity contribution in [3.05, 3.63) is 59.7 Å². The molecule has 0 unspecified atom stereocenters. The van der Waals surface area contributed by atoms with Crippen LogP contribution in [0.15, 0.2) is 47.8 Å². The summed E-state index contributed by atoms with van der Waals surface area (Å²) in [5.41, 5.74) is 2.41. The number of rotatable bonds is 6. The second-order valence-electron chi connectivity index (χ2n) is 5.92. The van der Waals surface area contributed by atoms with Crippen molar-refractivity contribution in [2.45, 2.75) is 12.1 Å². The molecular weight excluding hydrogens is 381 g/mol. The van der Waals surface area contributed by atoms with Crippen LogP contribution in [0.25, 0.3) is 5.69 Å². The minimum absolute atomic E-state index is 0.338. The first kappa shape index (κ1) is 19.8. The summed E-state index contributed by atoms with van der Waals surface area (Å²) < 4.78 is 25.6. The third kappa shape index (κ3) is 3.82. The molecule has 8 heteroatoms. The predicted molar refractivity (Wildman–Crippen MR) is 108 cm³/mol. The number of carbonyl (C=O) groups is 1. The third-order valence-corrected chi connectivity index (χ3v) is 4.86. The number of hydrogen-bond donors (Lipinski definition) is 1. The van der Waals surface area contributed by atoms with Crippen molar-refractivity contribution in [2.75, 3.05) is 25.8 Å². The molecule has 0 fully saturated rings. The maximum atomic E-state index is 13.3. The molecule has 0 radical (unpaired) electrons. The highest BCUT2D eigenvalue weighted by Crippen LogP contribution is 2.33. The van der Waals surface area contributed by atoms with Crippen LogP contribution >= 0.6 is 11.8 Å². The summed E-state index contributed by atoms with van der Waals surface area (Å²) in [6.45, 7) is 1.86. The Labute approximate surface area is 166 Å². The van der Waals surface area contributed by atoms with Gasteiger partial charge in [-0.1, -0.05) is 11.8 Å². The number of aromatic nitrogens is 2. The smallest absolute Gasteiger partial charge is 0.274 e. The van der Waals surface area contributed by atoms with E-state index in [1.165, 1.54) is 37.2 Å². The number of ether oxygens (including phenoxy) is 2. The molecule has 0 saturated heterocycles. The van der Waals surface area contributed by atoms with Crippen LogP contribution in [0.5, 0.6) is 11.5 Å². The minimum Gasteiger partial charge on any atom is -0.493 e. The topological polar surface area (TPSA) is 65.4 Å². The first-order valence-corrected chi connectivity index (χ1v) is 9.62. The first-order valence-electron chi connectivity index (χ1n) is 8.40. The lowest BCUT2D eigenvalue weighted by atomic mass is 10.1. The summed E-state index contributed by atoms with van der Waals surface area (Å²) in [6, 6.07) is 9.41. The zero-order chi connectivity index (χ0) is 20.3. The molecule has 0 spiro atoms. The Bertz CT molecular complexity index is 1000. The quantitative estimate of drug-likeness (QED) is 0.624. The van der Waals surface area contributed by atoms with Crippen LogP contribution in [0.3, 0.4) is 0 Å². The first-order chi connectivity index (χ1) is 13.5. The van der Waals surface area contributed by atoms with Crippen LogP contribution in [0.2, 0.25) is 0 Å². The van der Waals surface area contributed by atoms with Crippen molar-refractivity contribution < 1.29 is 18.7 Å². The number of hydrogen-bond acceptors (Lipinski definition) is 5. The number of imidazole rings is 1. The van der Waals surface area contributed by atoms with Gasteiger partial charge in [0.25, 0.3) is 5.91 Å². The number of anilines is 1. The number of amides is 1. The Morgan fingerprint density at radius 3 is 2.39 bits per heavy atom. The standard InChI is InChI=1S/C20H20FN3O3S/c1-12-9-17(26-2)18(27-3)10-15(12)23-19(25)16-11-22-20(28-4)24(16)14-7-5-13(21)6-8-14/h5-11H,1-4H3,(H,23,25). The molecule has 3 rings (SSSR count). The molecule has 0 bridgehead atoms. The van der Waals surface area contributed by atoms with Gasteiger partial charge in [-0.15, -0.1) is 0 Å². The van der Waals surface area contributed by atoms with Crippen molar-refractivity contribution in [1.82, 2.24) is 9.55 Å². The van der Waals surface area contributed by atoms with Crippen molar-refractivity contribution in [3.63, 3.8) is 0 Å². The Hall–Kier alpha value is -3.00. The Morgan fingerprint density at radius 1 is 1.14 bits per heavy atom. The minimum atomic E-state index is -0.346. The monoisotopic (exact) mass is 401 g/mol. The molecule has 0 saturated carbocycles. The Kier molecular flexibility index (Phi) is 5.89. The number of methoxy groups -OCH3 is 2. The summed E-state index contributed by atoms with van der Waals surface area (Å²) in [6.07, 6.45) is 3.36. The maximum Gasteiger partial charge on any atom is 0.274 e. The third-order valence-electron chi connectivity index (χ3n) is 4.21. The lowest BCUT2D eigenvalue weighted by molar-refractivity contribution is 0.102. The average Bonchev–Trinajstić information content (AvgIpc) is 3.14. The Morgan fingerprint density at radius 2 is 1.79 bits per heavy atom. The number of nitrogens with zero attached hydrogens (tertiary/aromatic N) is 2. The van der Waals surface area contributed by atoms with Crippen LogP contribution in [0.1, 0.15) is 16.1 Å². The normalized spacial score (nSPS) is 10.6. The van der Waals surface area contributed by atoms with E-state index in [4.69, 9.17) is 9.47 Å². The molecule has 3 aromatic rings. The van der Waals surface area contributed by atoms with Gasteiger partial charge in [0.15, 0.2) is 16.7 Å². The number of nitrogens with one attached hydrogen (secondary N) is 1. The fourth-order valence-electron chi connectivity index (χ4n) is 2.78. The fraction of sp³-hybridized carbons (Fsp3) is 0.200. The van der Waals surface area contributed by atoms with Gasteiger partial charge >= 0.3 is 0 Å². The second-order valence-corrected chi connectivity index (χ2v) is 6.69. The van der Waals surface area contributed by atoms with Gasteiger partial charge in [0.1, 0.15) is 11.5 Å². The number of aryl methyl sites for hydroxylation is 1. The van der Waals surface area contributed by atoms with Crippen LogP contribution in [-0.2, 0) is 0 Å². The highest BCUT2D eigenvalue weighted by molar-refractivity contribution is 7.98. The van der Waals surface area contributed by atoms with Crippen molar-refractivity contribution in [3.8, 4) is 17.2 Å². The number of carbonyl (C=O) groups excluding carboxylic acids is 1. The molecule has 1 amide bonds. The molecule has 1 heterocycles. The lowest BCUT2D eigenvalue weighted by Gasteiger charge is -2.15. The van der Waals surface area contributed by atoms with E-state index in [-0.39, 0.29) is 11.7 Å². The van der Waals surface area contributed by atoms with Gasteiger partial charge in [0.05, 0.1) is 20.4 Å². The van der Waals surface area contributed by atoms with E-state index in [9.17, 15) is 9.18 Å². The Balaban J connectivity index is 1.98. The highest BCUT2D eigenvalue weighted by atomic mass is 32.2. The van der Waals surface area contributed by atoms with E-state index >= 15 is 0 Å². The summed E-state index contributed by atoms with van der Waals surface area (Å²) in [5.74, 6) is 0.410. The van der Waals surface area contributed by atoms with E-state index in [1.807, 2.05) is 13.2 Å². The van der Waals surface area contributed by atoms with Crippen LogP contribution in [-0.4, -0.2) is 35.9 Å². The number of halogens is 1. The van der Waals surface area contributed by atoms with Crippen molar-refractivity contribution in [1.29, 1.82) is 0 Å². The van der Waals surface area contributed by atoms with E-state index in [2.05, 4.69) is 10.3 Å². The summed E-state index contributed by atoms with van der Waals surface area (Å²) in [5, 5.41) is 3.52. The van der Waals surface area contributed by atoms with Gasteiger partial charge in [0.2, 0.25) is 0 Å². The summed E-state index contributed by atoms with van der Waals surface area (Å²) in [4.78, 5) is 17.3. The molecule has 28 heavy (non-hydrogen) atoms. The molecule has 0 aliphatic rings. The van der Waals surface area contributed by atoms with E-state index in [0.29, 0.717) is 33.7 Å². The summed E-state index contributed by atoms with van der Waals surface area (Å²) >= 11 is 1.39. The van der Waals surface area contributed by atoms with E-state index in [0.717, 1.165) is 5.56 Å². The van der Waals surface area contributed by atoms with Gasteiger partial charge in [-0.2, -0.15) is 0 Å². The molecule has 6 nitrogen and oxygen atoms in total. The second kappa shape index (κ2) is 8.35. The van der Waals surface area contributed by atoms with Crippen molar-refractivity contribution in [2.24, 2.45) is 0 Å². The SMILES string of the molecule is COc1cc(C)c(NC(=O)c2cnc(SC)n2-c2ccc(F)cc2)cc1OC. The van der Waals surface area contributed by atoms with Gasteiger partial charge in [-0.3, -0.25) is 9.36 Å². The zero-order valence-corrected chi connectivity index (χ0v) is 16.8. The van der Waals surface area contributed by atoms with Gasteiger partial charge in [-0.25, -0.2) is 9.37 Å². The largest absolute Gasteiger partial charge is 0.493 e. The molecule has 0 atom stereocenters. The molecule has 0 aliphatic carbocycles. The zero-order valence-electron chi connectivity index (χ0n) is 15.9. The van der Waals surface area contributed by atoms with Crippen LogP contribution < -0.4 is 14.8 Å². The number of benzene rings is 2. The summed E-state index contributed by atoms with van der Waals surface area (Å²) in [7, 11) is 3.09. The molecule has 1 N–H and O–H groups in total. The predicted octanol–water partition coefficient (Wildman–Crippen LogP) is 4.31. The molecule has 0 aliphatic heterocycles. The van der Waals surface area contributed by atoms with E-state index in [1.54, 1.807) is 35.9 Å². The fourth-order valence-corrected chi connectivity index (χ4v) is 3.32. The van der Waals surface area contributed by atoms with Gasteiger partial charge < -0.3 is 14.8 Å². The molecule has 1 aromatic heterocycles. The molecule has 2 aromatic carbocycles. The molecule has 146 valence electrons. The van der Waals surface area contributed by atoms with Crippen molar-refractivity contribution >= 4 is 23.4 Å². The van der Waals surface area contributed by atoms with Gasteiger partial charge in [0, 0.05) is 17.4 Å². The lowest BCUT2D eigenvalue weighted by Crippen LogP contribution is -2.17. The van der Waals surface area contributed by atoms with Gasteiger partial charge in [-0.05, 0) is 49.1 Å².